The lowest BCUT2D eigenvalue weighted by molar-refractivity contribution is -0.118. The van der Waals surface area contributed by atoms with Crippen LogP contribution in [0.1, 0.15) is 31.1 Å². The quantitative estimate of drug-likeness (QED) is 0.581. The van der Waals surface area contributed by atoms with Gasteiger partial charge in [-0.25, -0.2) is 4.79 Å². The van der Waals surface area contributed by atoms with Crippen LogP contribution in [0.25, 0.3) is 0 Å². The summed E-state index contributed by atoms with van der Waals surface area (Å²) in [6.45, 7) is 5.45. The Morgan fingerprint density at radius 1 is 1.24 bits per heavy atom. The van der Waals surface area contributed by atoms with Crippen LogP contribution in [-0.2, 0) is 4.79 Å². The molecule has 0 saturated carbocycles. The Morgan fingerprint density at radius 2 is 1.81 bits per heavy atom. The van der Waals surface area contributed by atoms with Gasteiger partial charge in [0.15, 0.2) is 0 Å². The van der Waals surface area contributed by atoms with Crippen molar-refractivity contribution in [3.05, 3.63) is 41.6 Å². The predicted octanol–water partition coefficient (Wildman–Crippen LogP) is 2.12. The van der Waals surface area contributed by atoms with Crippen LogP contribution >= 0.6 is 0 Å². The molecule has 0 aliphatic rings. The maximum Gasteiger partial charge on any atom is 0.335 e. The second-order valence-electron chi connectivity index (χ2n) is 5.40. The molecule has 0 heterocycles. The number of rotatable bonds is 4. The third kappa shape index (κ3) is 5.37. The number of carboxylic acids is 1. The molecule has 6 heteroatoms. The Kier molecular flexibility index (Phi) is 5.08. The van der Waals surface area contributed by atoms with Gasteiger partial charge in [0, 0.05) is 17.4 Å². The van der Waals surface area contributed by atoms with E-state index in [4.69, 9.17) is 10.4 Å². The molecule has 110 valence electrons. The first-order chi connectivity index (χ1) is 9.73. The van der Waals surface area contributed by atoms with Gasteiger partial charge in [-0.05, 0) is 45.0 Å². The minimum atomic E-state index is -1.01. The zero-order chi connectivity index (χ0) is 16.0. The van der Waals surface area contributed by atoms with Gasteiger partial charge in [-0.1, -0.05) is 0 Å². The highest BCUT2D eigenvalue weighted by atomic mass is 16.4. The van der Waals surface area contributed by atoms with Gasteiger partial charge in [-0.15, -0.1) is 0 Å². The Balaban J connectivity index is 2.79. The Labute approximate surface area is 123 Å². The monoisotopic (exact) mass is 287 g/mol. The molecule has 0 aromatic heterocycles. The first-order valence-corrected chi connectivity index (χ1v) is 6.25. The van der Waals surface area contributed by atoms with Gasteiger partial charge in [-0.2, -0.15) is 5.26 Å². The number of nitrogens with one attached hydrogen (secondary N) is 2. The molecule has 0 aliphatic heterocycles. The normalized spacial score (nSPS) is 11.4. The highest BCUT2D eigenvalue weighted by Crippen LogP contribution is 2.10. The van der Waals surface area contributed by atoms with Crippen LogP contribution in [0.4, 0.5) is 5.69 Å². The standard InChI is InChI=1S/C15H17N3O3/c1-15(2,3)18-13(19)11(8-16)9-17-12-6-4-10(5-7-12)14(20)21/h4-7,9,17H,1-3H3,(H,18,19)(H,20,21)/b11-9-. The number of hydrogen-bond donors (Lipinski definition) is 3. The molecule has 3 N–H and O–H groups in total. The molecule has 0 atom stereocenters. The number of amides is 1. The highest BCUT2D eigenvalue weighted by molar-refractivity contribution is 5.98. The fourth-order valence-corrected chi connectivity index (χ4v) is 1.42. The lowest BCUT2D eigenvalue weighted by Gasteiger charge is -2.20. The Bertz CT molecular complexity index is 605. The van der Waals surface area contributed by atoms with Crippen LogP contribution in [0.15, 0.2) is 36.0 Å². The third-order valence-electron chi connectivity index (χ3n) is 2.37. The maximum absolute atomic E-state index is 11.8. The number of hydrogen-bond acceptors (Lipinski definition) is 4. The molecular formula is C15H17N3O3. The van der Waals surface area contributed by atoms with Crippen molar-refractivity contribution in [3.63, 3.8) is 0 Å². The van der Waals surface area contributed by atoms with Crippen LogP contribution in [0.2, 0.25) is 0 Å². The van der Waals surface area contributed by atoms with E-state index < -0.39 is 17.4 Å². The topological polar surface area (TPSA) is 102 Å². The highest BCUT2D eigenvalue weighted by Gasteiger charge is 2.17. The fraction of sp³-hybridized carbons (Fsp3) is 0.267. The SMILES string of the molecule is CC(C)(C)NC(=O)/C(C#N)=C\Nc1ccc(C(=O)O)cc1. The summed E-state index contributed by atoms with van der Waals surface area (Å²) in [5.74, 6) is -1.49. The van der Waals surface area contributed by atoms with E-state index in [1.54, 1.807) is 12.1 Å². The molecule has 1 rings (SSSR count). The molecule has 0 aliphatic carbocycles. The summed E-state index contributed by atoms with van der Waals surface area (Å²) in [7, 11) is 0. The van der Waals surface area contributed by atoms with Gasteiger partial charge >= 0.3 is 5.97 Å². The summed E-state index contributed by atoms with van der Waals surface area (Å²) in [4.78, 5) is 22.6. The van der Waals surface area contributed by atoms with Crippen molar-refractivity contribution >= 4 is 17.6 Å². The van der Waals surface area contributed by atoms with Gasteiger partial charge in [0.05, 0.1) is 5.56 Å². The molecule has 6 nitrogen and oxygen atoms in total. The van der Waals surface area contributed by atoms with Gasteiger partial charge < -0.3 is 15.7 Å². The minimum absolute atomic E-state index is 0.0627. The first-order valence-electron chi connectivity index (χ1n) is 6.25. The third-order valence-corrected chi connectivity index (χ3v) is 2.37. The summed E-state index contributed by atoms with van der Waals surface area (Å²) in [5, 5.41) is 23.2. The smallest absolute Gasteiger partial charge is 0.335 e. The van der Waals surface area contributed by atoms with Crippen LogP contribution < -0.4 is 10.6 Å². The number of carboxylic acid groups (broad SMARTS) is 1. The number of nitrogens with zero attached hydrogens (tertiary/aromatic N) is 1. The molecule has 21 heavy (non-hydrogen) atoms. The molecular weight excluding hydrogens is 270 g/mol. The van der Waals surface area contributed by atoms with Crippen molar-refractivity contribution in [1.29, 1.82) is 5.26 Å². The summed E-state index contributed by atoms with van der Waals surface area (Å²) in [6.07, 6.45) is 1.29. The van der Waals surface area contributed by atoms with E-state index in [-0.39, 0.29) is 11.1 Å². The predicted molar refractivity (Wildman–Crippen MR) is 78.6 cm³/mol. The lowest BCUT2D eigenvalue weighted by Crippen LogP contribution is -2.41. The number of benzene rings is 1. The number of anilines is 1. The van der Waals surface area contributed by atoms with Crippen LogP contribution in [0.3, 0.4) is 0 Å². The van der Waals surface area contributed by atoms with Crippen molar-refractivity contribution in [2.75, 3.05) is 5.32 Å². The van der Waals surface area contributed by atoms with Crippen molar-refractivity contribution in [2.45, 2.75) is 26.3 Å². The van der Waals surface area contributed by atoms with E-state index in [0.29, 0.717) is 5.69 Å². The van der Waals surface area contributed by atoms with Gasteiger partial charge in [0.25, 0.3) is 5.91 Å². The lowest BCUT2D eigenvalue weighted by atomic mass is 10.1. The number of carbonyl (C=O) groups is 2. The summed E-state index contributed by atoms with van der Waals surface area (Å²) >= 11 is 0. The Hall–Kier alpha value is -2.81. The largest absolute Gasteiger partial charge is 0.478 e. The zero-order valence-electron chi connectivity index (χ0n) is 12.1. The van der Waals surface area contributed by atoms with Crippen molar-refractivity contribution in [3.8, 4) is 6.07 Å². The summed E-state index contributed by atoms with van der Waals surface area (Å²) < 4.78 is 0. The van der Waals surface area contributed by atoms with Gasteiger partial charge in [0.2, 0.25) is 0 Å². The van der Waals surface area contributed by atoms with Gasteiger partial charge in [0.1, 0.15) is 11.6 Å². The number of carbonyl (C=O) groups excluding carboxylic acids is 1. The number of nitriles is 1. The minimum Gasteiger partial charge on any atom is -0.478 e. The molecule has 0 saturated heterocycles. The average molecular weight is 287 g/mol. The van der Waals surface area contributed by atoms with Crippen LogP contribution in [0, 0.1) is 11.3 Å². The fourth-order valence-electron chi connectivity index (χ4n) is 1.42. The van der Waals surface area contributed by atoms with E-state index >= 15 is 0 Å². The van der Waals surface area contributed by atoms with Gasteiger partial charge in [-0.3, -0.25) is 4.79 Å². The molecule has 0 radical (unpaired) electrons. The van der Waals surface area contributed by atoms with E-state index in [9.17, 15) is 9.59 Å². The summed E-state index contributed by atoms with van der Waals surface area (Å²) in [6, 6.07) is 7.78. The van der Waals surface area contributed by atoms with Crippen LogP contribution in [-0.4, -0.2) is 22.5 Å². The molecule has 0 bridgehead atoms. The van der Waals surface area contributed by atoms with E-state index in [1.165, 1.54) is 18.3 Å². The molecule has 1 aromatic rings. The van der Waals surface area contributed by atoms with Crippen molar-refractivity contribution in [2.24, 2.45) is 0 Å². The summed E-state index contributed by atoms with van der Waals surface area (Å²) in [5.41, 5.74) is 0.245. The molecule has 0 fully saturated rings. The van der Waals surface area contributed by atoms with Crippen molar-refractivity contribution < 1.29 is 14.7 Å². The molecule has 1 amide bonds. The van der Waals surface area contributed by atoms with E-state index in [2.05, 4.69) is 10.6 Å². The van der Waals surface area contributed by atoms with Crippen LogP contribution in [0.5, 0.6) is 0 Å². The van der Waals surface area contributed by atoms with E-state index in [0.717, 1.165) is 0 Å². The zero-order valence-corrected chi connectivity index (χ0v) is 12.1. The van der Waals surface area contributed by atoms with E-state index in [1.807, 2.05) is 26.8 Å². The Morgan fingerprint density at radius 3 is 2.24 bits per heavy atom. The molecule has 0 unspecified atom stereocenters. The number of aromatic carboxylic acids is 1. The molecule has 0 spiro atoms. The second-order valence-corrected chi connectivity index (χ2v) is 5.40. The molecule has 1 aromatic carbocycles. The first kappa shape index (κ1) is 16.2. The maximum atomic E-state index is 11.8. The van der Waals surface area contributed by atoms with Crippen molar-refractivity contribution in [1.82, 2.24) is 5.32 Å². The second kappa shape index (κ2) is 6.57. The average Bonchev–Trinajstić information content (AvgIpc) is 2.37.